The second-order valence-corrected chi connectivity index (χ2v) is 4.31. The van der Waals surface area contributed by atoms with Crippen molar-refractivity contribution in [3.05, 3.63) is 71.8 Å². The van der Waals surface area contributed by atoms with Crippen LogP contribution in [-0.4, -0.2) is 13.2 Å². The molecule has 0 aliphatic rings. The first-order chi connectivity index (χ1) is 8.95. The van der Waals surface area contributed by atoms with Gasteiger partial charge in [0.2, 0.25) is 0 Å². The molecule has 94 valence electrons. The van der Waals surface area contributed by atoms with Gasteiger partial charge >= 0.3 is 0 Å². The molecule has 2 aromatic carbocycles. The van der Waals surface area contributed by atoms with Crippen LogP contribution in [0.3, 0.4) is 0 Å². The standard InChI is InChI=1S/C16H19NO/c1-3-7-15(8-4-1)13-17-11-12-18-14-16-9-5-2-6-10-16/h1-10,17H,11-14H2/p+1. The highest BCUT2D eigenvalue weighted by Gasteiger charge is 1.95. The summed E-state index contributed by atoms with van der Waals surface area (Å²) in [6, 6.07) is 20.8. The van der Waals surface area contributed by atoms with Gasteiger partial charge in [-0.15, -0.1) is 0 Å². The Morgan fingerprint density at radius 1 is 0.778 bits per heavy atom. The van der Waals surface area contributed by atoms with E-state index in [9.17, 15) is 0 Å². The second-order valence-electron chi connectivity index (χ2n) is 4.31. The average Bonchev–Trinajstić information content (AvgIpc) is 2.45. The van der Waals surface area contributed by atoms with Gasteiger partial charge in [0, 0.05) is 5.56 Å². The van der Waals surface area contributed by atoms with Crippen LogP contribution in [0.15, 0.2) is 60.7 Å². The maximum absolute atomic E-state index is 5.63. The Kier molecular flexibility index (Phi) is 5.44. The molecule has 0 unspecified atom stereocenters. The molecule has 18 heavy (non-hydrogen) atoms. The van der Waals surface area contributed by atoms with Crippen molar-refractivity contribution in [1.82, 2.24) is 0 Å². The van der Waals surface area contributed by atoms with Crippen molar-refractivity contribution in [2.24, 2.45) is 0 Å². The van der Waals surface area contributed by atoms with Crippen LogP contribution in [0.1, 0.15) is 11.1 Å². The fourth-order valence-corrected chi connectivity index (χ4v) is 1.81. The number of benzene rings is 2. The summed E-state index contributed by atoms with van der Waals surface area (Å²) >= 11 is 0. The smallest absolute Gasteiger partial charge is 0.101 e. The van der Waals surface area contributed by atoms with Crippen molar-refractivity contribution >= 4 is 0 Å². The normalized spacial score (nSPS) is 10.4. The third kappa shape index (κ3) is 4.70. The molecule has 0 aliphatic heterocycles. The molecule has 2 aromatic rings. The first-order valence-electron chi connectivity index (χ1n) is 6.42. The summed E-state index contributed by atoms with van der Waals surface area (Å²) in [5, 5.41) is 2.28. The highest BCUT2D eigenvalue weighted by molar-refractivity contribution is 5.13. The monoisotopic (exact) mass is 242 g/mol. The summed E-state index contributed by atoms with van der Waals surface area (Å²) in [6.45, 7) is 3.53. The zero-order valence-corrected chi connectivity index (χ0v) is 10.6. The van der Waals surface area contributed by atoms with E-state index in [1.807, 2.05) is 24.3 Å². The molecule has 2 nitrogen and oxygen atoms in total. The minimum absolute atomic E-state index is 0.708. The Balaban J connectivity index is 1.54. The minimum atomic E-state index is 0.708. The molecule has 0 bridgehead atoms. The fraction of sp³-hybridized carbons (Fsp3) is 0.250. The van der Waals surface area contributed by atoms with Crippen molar-refractivity contribution in [2.45, 2.75) is 13.2 Å². The van der Waals surface area contributed by atoms with Gasteiger partial charge in [-0.05, 0) is 5.56 Å². The zero-order valence-electron chi connectivity index (χ0n) is 10.6. The van der Waals surface area contributed by atoms with E-state index < -0.39 is 0 Å². The van der Waals surface area contributed by atoms with Gasteiger partial charge in [-0.3, -0.25) is 0 Å². The minimum Gasteiger partial charge on any atom is -0.371 e. The fourth-order valence-electron chi connectivity index (χ4n) is 1.81. The first-order valence-corrected chi connectivity index (χ1v) is 6.42. The molecule has 0 saturated carbocycles. The summed E-state index contributed by atoms with van der Waals surface area (Å²) in [4.78, 5) is 0. The van der Waals surface area contributed by atoms with Crippen molar-refractivity contribution in [3.63, 3.8) is 0 Å². The number of nitrogens with two attached hydrogens (primary N) is 1. The van der Waals surface area contributed by atoms with Gasteiger partial charge in [0.15, 0.2) is 0 Å². The molecule has 0 aromatic heterocycles. The van der Waals surface area contributed by atoms with Crippen molar-refractivity contribution < 1.29 is 10.1 Å². The highest BCUT2D eigenvalue weighted by Crippen LogP contribution is 1.99. The highest BCUT2D eigenvalue weighted by atomic mass is 16.5. The Hall–Kier alpha value is -1.64. The molecule has 2 N–H and O–H groups in total. The van der Waals surface area contributed by atoms with Crippen molar-refractivity contribution in [2.75, 3.05) is 13.2 Å². The van der Waals surface area contributed by atoms with Gasteiger partial charge in [0.1, 0.15) is 6.54 Å². The Morgan fingerprint density at radius 3 is 2.06 bits per heavy atom. The number of rotatable bonds is 7. The van der Waals surface area contributed by atoms with Crippen molar-refractivity contribution in [1.29, 1.82) is 0 Å². The molecule has 2 heteroatoms. The lowest BCUT2D eigenvalue weighted by Crippen LogP contribution is -2.83. The van der Waals surface area contributed by atoms with Crippen LogP contribution in [0.5, 0.6) is 0 Å². The maximum atomic E-state index is 5.63. The molecule has 2 rings (SSSR count). The quantitative estimate of drug-likeness (QED) is 0.738. The Bertz CT molecular complexity index is 384. The lowest BCUT2D eigenvalue weighted by atomic mass is 10.2. The SMILES string of the molecule is c1ccc(C[NH2+]CCOCc2ccccc2)cc1. The van der Waals surface area contributed by atoms with Gasteiger partial charge in [0.25, 0.3) is 0 Å². The van der Waals surface area contributed by atoms with E-state index in [-0.39, 0.29) is 0 Å². The van der Waals surface area contributed by atoms with Gasteiger partial charge in [-0.25, -0.2) is 0 Å². The molecule has 0 saturated heterocycles. The van der Waals surface area contributed by atoms with E-state index in [4.69, 9.17) is 4.74 Å². The van der Waals surface area contributed by atoms with Crippen LogP contribution in [0, 0.1) is 0 Å². The van der Waals surface area contributed by atoms with Crippen molar-refractivity contribution in [3.8, 4) is 0 Å². The molecule has 0 amide bonds. The predicted octanol–water partition coefficient (Wildman–Crippen LogP) is 1.97. The van der Waals surface area contributed by atoms with E-state index in [0.29, 0.717) is 6.61 Å². The van der Waals surface area contributed by atoms with E-state index in [2.05, 4.69) is 41.7 Å². The van der Waals surface area contributed by atoms with Gasteiger partial charge in [0.05, 0.1) is 19.8 Å². The molecule has 0 spiro atoms. The molecular weight excluding hydrogens is 222 g/mol. The van der Waals surface area contributed by atoms with Crippen LogP contribution in [-0.2, 0) is 17.9 Å². The molecule has 0 radical (unpaired) electrons. The summed E-state index contributed by atoms with van der Waals surface area (Å²) in [7, 11) is 0. The van der Waals surface area contributed by atoms with Gasteiger partial charge in [-0.2, -0.15) is 0 Å². The van der Waals surface area contributed by atoms with Gasteiger partial charge in [-0.1, -0.05) is 60.7 Å². The first kappa shape index (κ1) is 12.8. The zero-order chi connectivity index (χ0) is 12.5. The van der Waals surface area contributed by atoms with E-state index >= 15 is 0 Å². The Morgan fingerprint density at radius 2 is 1.39 bits per heavy atom. The van der Waals surface area contributed by atoms with Crippen LogP contribution in [0.4, 0.5) is 0 Å². The number of quaternary nitrogens is 1. The molecule has 0 atom stereocenters. The molecule has 0 fully saturated rings. The summed E-state index contributed by atoms with van der Waals surface area (Å²) in [6.07, 6.45) is 0. The van der Waals surface area contributed by atoms with Crippen LogP contribution < -0.4 is 5.32 Å². The maximum Gasteiger partial charge on any atom is 0.101 e. The molecular formula is C16H20NO+. The number of ether oxygens (including phenoxy) is 1. The molecule has 0 heterocycles. The average molecular weight is 242 g/mol. The lowest BCUT2D eigenvalue weighted by Gasteiger charge is -2.04. The van der Waals surface area contributed by atoms with E-state index in [1.165, 1.54) is 11.1 Å². The topological polar surface area (TPSA) is 25.8 Å². The lowest BCUT2D eigenvalue weighted by molar-refractivity contribution is -0.672. The number of hydrogen-bond acceptors (Lipinski definition) is 1. The van der Waals surface area contributed by atoms with Crippen LogP contribution in [0.25, 0.3) is 0 Å². The third-order valence-electron chi connectivity index (χ3n) is 2.80. The van der Waals surface area contributed by atoms with Crippen LogP contribution >= 0.6 is 0 Å². The number of hydrogen-bond donors (Lipinski definition) is 1. The summed E-state index contributed by atoms with van der Waals surface area (Å²) in [5.74, 6) is 0. The second kappa shape index (κ2) is 7.64. The third-order valence-corrected chi connectivity index (χ3v) is 2.80. The Labute approximate surface area is 109 Å². The molecule has 0 aliphatic carbocycles. The van der Waals surface area contributed by atoms with Crippen LogP contribution in [0.2, 0.25) is 0 Å². The van der Waals surface area contributed by atoms with E-state index in [1.54, 1.807) is 0 Å². The van der Waals surface area contributed by atoms with Gasteiger partial charge < -0.3 is 10.1 Å². The summed E-state index contributed by atoms with van der Waals surface area (Å²) in [5.41, 5.74) is 2.60. The summed E-state index contributed by atoms with van der Waals surface area (Å²) < 4.78 is 5.63. The van der Waals surface area contributed by atoms with E-state index in [0.717, 1.165) is 19.7 Å². The largest absolute Gasteiger partial charge is 0.371 e. The predicted molar refractivity (Wildman–Crippen MR) is 73.0 cm³/mol.